The lowest BCUT2D eigenvalue weighted by Gasteiger charge is -2.23. The van der Waals surface area contributed by atoms with Crippen LogP contribution >= 0.6 is 11.3 Å². The largest absolute Gasteiger partial charge is 0.494 e. The van der Waals surface area contributed by atoms with E-state index in [9.17, 15) is 4.79 Å². The monoisotopic (exact) mass is 345 g/mol. The Balaban J connectivity index is 1.62. The second-order valence-electron chi connectivity index (χ2n) is 5.93. The summed E-state index contributed by atoms with van der Waals surface area (Å²) in [5, 5.41) is 9.03. The molecule has 6 heteroatoms. The van der Waals surface area contributed by atoms with Gasteiger partial charge in [0.2, 0.25) is 0 Å². The number of hydrogen-bond acceptors (Lipinski definition) is 5. The minimum Gasteiger partial charge on any atom is -0.494 e. The van der Waals surface area contributed by atoms with Crippen molar-refractivity contribution in [3.05, 3.63) is 35.3 Å². The summed E-state index contributed by atoms with van der Waals surface area (Å²) in [6.07, 6.45) is 3.11. The second-order valence-corrected chi connectivity index (χ2v) is 6.79. The van der Waals surface area contributed by atoms with Gasteiger partial charge in [-0.2, -0.15) is 0 Å². The summed E-state index contributed by atoms with van der Waals surface area (Å²) in [6, 6.07) is 8.05. The summed E-state index contributed by atoms with van der Waals surface area (Å²) < 4.78 is 5.59. The van der Waals surface area contributed by atoms with Crippen LogP contribution in [0.5, 0.6) is 5.75 Å². The van der Waals surface area contributed by atoms with Gasteiger partial charge in [-0.1, -0.05) is 6.92 Å². The van der Waals surface area contributed by atoms with Crippen molar-refractivity contribution in [1.29, 1.82) is 0 Å². The molecule has 0 saturated carbocycles. The minimum absolute atomic E-state index is 0.0888. The first-order chi connectivity index (χ1) is 11.8. The molecule has 1 atom stereocenters. The fraction of sp³-hybridized carbons (Fsp3) is 0.444. The zero-order valence-corrected chi connectivity index (χ0v) is 14.7. The lowest BCUT2D eigenvalue weighted by Crippen LogP contribution is -2.45. The van der Waals surface area contributed by atoms with Crippen LogP contribution in [0.15, 0.2) is 29.6 Å². The fourth-order valence-corrected chi connectivity index (χ4v) is 3.46. The Labute approximate surface area is 146 Å². The number of carbonyl (C=O) groups excluding carboxylic acids is 1. The summed E-state index contributed by atoms with van der Waals surface area (Å²) in [5.41, 5.74) is 1.49. The Kier molecular flexibility index (Phi) is 5.82. The molecule has 2 aromatic rings. The Morgan fingerprint density at radius 3 is 2.96 bits per heavy atom. The van der Waals surface area contributed by atoms with E-state index in [2.05, 4.69) is 22.5 Å². The van der Waals surface area contributed by atoms with Gasteiger partial charge in [0.05, 0.1) is 6.61 Å². The molecule has 1 amide bonds. The van der Waals surface area contributed by atoms with Crippen LogP contribution in [-0.4, -0.2) is 36.6 Å². The Morgan fingerprint density at radius 2 is 2.25 bits per heavy atom. The number of piperidine rings is 1. The number of carbonyl (C=O) groups is 1. The second kappa shape index (κ2) is 8.26. The van der Waals surface area contributed by atoms with Gasteiger partial charge >= 0.3 is 0 Å². The normalized spacial score (nSPS) is 17.5. The fourth-order valence-electron chi connectivity index (χ4n) is 2.66. The van der Waals surface area contributed by atoms with Crippen LogP contribution in [0.25, 0.3) is 10.6 Å². The number of amides is 1. The van der Waals surface area contributed by atoms with Crippen LogP contribution < -0.4 is 15.4 Å². The summed E-state index contributed by atoms with van der Waals surface area (Å²) in [7, 11) is 0. The number of rotatable bonds is 6. The molecule has 1 aliphatic rings. The van der Waals surface area contributed by atoms with E-state index >= 15 is 0 Å². The van der Waals surface area contributed by atoms with E-state index in [-0.39, 0.29) is 11.9 Å². The van der Waals surface area contributed by atoms with E-state index in [0.29, 0.717) is 5.69 Å². The van der Waals surface area contributed by atoms with Crippen molar-refractivity contribution in [3.8, 4) is 16.3 Å². The van der Waals surface area contributed by atoms with Crippen molar-refractivity contribution in [1.82, 2.24) is 15.6 Å². The predicted molar refractivity (Wildman–Crippen MR) is 96.7 cm³/mol. The van der Waals surface area contributed by atoms with E-state index in [0.717, 1.165) is 55.3 Å². The molecule has 3 rings (SSSR count). The third kappa shape index (κ3) is 4.33. The van der Waals surface area contributed by atoms with Crippen LogP contribution in [-0.2, 0) is 0 Å². The number of aromatic nitrogens is 1. The van der Waals surface area contributed by atoms with E-state index in [1.807, 2.05) is 29.6 Å². The summed E-state index contributed by atoms with van der Waals surface area (Å²) in [6.45, 7) is 4.67. The molecule has 1 aromatic carbocycles. The molecule has 0 aliphatic carbocycles. The van der Waals surface area contributed by atoms with Crippen LogP contribution in [0.4, 0.5) is 0 Å². The number of hydrogen-bond donors (Lipinski definition) is 2. The van der Waals surface area contributed by atoms with Crippen molar-refractivity contribution in [2.45, 2.75) is 32.2 Å². The van der Waals surface area contributed by atoms with Gasteiger partial charge in [0, 0.05) is 23.5 Å². The number of nitrogens with zero attached hydrogens (tertiary/aromatic N) is 1. The summed E-state index contributed by atoms with van der Waals surface area (Å²) in [5.74, 6) is 0.772. The van der Waals surface area contributed by atoms with Gasteiger partial charge < -0.3 is 15.4 Å². The highest BCUT2D eigenvalue weighted by atomic mass is 32.1. The maximum atomic E-state index is 12.3. The van der Waals surface area contributed by atoms with E-state index < -0.39 is 0 Å². The maximum Gasteiger partial charge on any atom is 0.271 e. The van der Waals surface area contributed by atoms with Gasteiger partial charge in [-0.3, -0.25) is 4.79 Å². The molecule has 0 radical (unpaired) electrons. The van der Waals surface area contributed by atoms with Gasteiger partial charge in [0.1, 0.15) is 16.5 Å². The Bertz CT molecular complexity index is 663. The molecule has 1 saturated heterocycles. The predicted octanol–water partition coefficient (Wildman–Crippen LogP) is 3.08. The van der Waals surface area contributed by atoms with Gasteiger partial charge in [0.15, 0.2) is 0 Å². The molecular formula is C18H23N3O2S. The van der Waals surface area contributed by atoms with Crippen molar-refractivity contribution in [3.63, 3.8) is 0 Å². The molecule has 1 aromatic heterocycles. The smallest absolute Gasteiger partial charge is 0.271 e. The highest BCUT2D eigenvalue weighted by molar-refractivity contribution is 7.13. The van der Waals surface area contributed by atoms with Crippen molar-refractivity contribution in [2.24, 2.45) is 0 Å². The molecular weight excluding hydrogens is 322 g/mol. The topological polar surface area (TPSA) is 63.2 Å². The van der Waals surface area contributed by atoms with Crippen LogP contribution in [0.2, 0.25) is 0 Å². The van der Waals surface area contributed by atoms with E-state index in [1.54, 1.807) is 0 Å². The van der Waals surface area contributed by atoms with Gasteiger partial charge in [-0.15, -0.1) is 11.3 Å². The molecule has 5 nitrogen and oxygen atoms in total. The number of benzene rings is 1. The van der Waals surface area contributed by atoms with E-state index in [1.165, 1.54) is 11.3 Å². The average molecular weight is 345 g/mol. The first-order valence-corrected chi connectivity index (χ1v) is 9.34. The lowest BCUT2D eigenvalue weighted by molar-refractivity contribution is 0.0926. The molecule has 0 bridgehead atoms. The third-order valence-corrected chi connectivity index (χ3v) is 4.83. The standard InChI is InChI=1S/C18H23N3O2S/c1-2-10-23-15-7-5-13(6-8-15)18-21-16(12-24-18)17(22)20-14-4-3-9-19-11-14/h5-8,12,14,19H,2-4,9-11H2,1H3,(H,20,22)/t14-/m0/s1. The van der Waals surface area contributed by atoms with Crippen molar-refractivity contribution >= 4 is 17.2 Å². The number of ether oxygens (including phenoxy) is 1. The summed E-state index contributed by atoms with van der Waals surface area (Å²) in [4.78, 5) is 16.8. The maximum absolute atomic E-state index is 12.3. The van der Waals surface area contributed by atoms with Gasteiger partial charge in [0.25, 0.3) is 5.91 Å². The van der Waals surface area contributed by atoms with E-state index in [4.69, 9.17) is 4.74 Å². The molecule has 0 spiro atoms. The molecule has 0 unspecified atom stereocenters. The first kappa shape index (κ1) is 16.9. The van der Waals surface area contributed by atoms with Crippen LogP contribution in [0.3, 0.4) is 0 Å². The zero-order valence-electron chi connectivity index (χ0n) is 13.9. The Morgan fingerprint density at radius 1 is 1.42 bits per heavy atom. The van der Waals surface area contributed by atoms with Gasteiger partial charge in [-0.25, -0.2) is 4.98 Å². The molecule has 1 fully saturated rings. The van der Waals surface area contributed by atoms with Crippen molar-refractivity contribution < 1.29 is 9.53 Å². The molecule has 24 heavy (non-hydrogen) atoms. The van der Waals surface area contributed by atoms with Crippen LogP contribution in [0, 0.1) is 0 Å². The average Bonchev–Trinajstić information content (AvgIpc) is 3.11. The number of nitrogens with one attached hydrogen (secondary N) is 2. The molecule has 2 N–H and O–H groups in total. The molecule has 128 valence electrons. The quantitative estimate of drug-likeness (QED) is 0.844. The zero-order chi connectivity index (χ0) is 16.8. The molecule has 2 heterocycles. The lowest BCUT2D eigenvalue weighted by atomic mass is 10.1. The Hall–Kier alpha value is -1.92. The first-order valence-electron chi connectivity index (χ1n) is 8.46. The summed E-state index contributed by atoms with van der Waals surface area (Å²) >= 11 is 1.49. The highest BCUT2D eigenvalue weighted by Gasteiger charge is 2.18. The van der Waals surface area contributed by atoms with Crippen molar-refractivity contribution in [2.75, 3.05) is 19.7 Å². The molecule has 1 aliphatic heterocycles. The van der Waals surface area contributed by atoms with Gasteiger partial charge in [-0.05, 0) is 50.1 Å². The SMILES string of the molecule is CCCOc1ccc(-c2nc(C(=O)N[C@H]3CCCNC3)cs2)cc1. The third-order valence-electron chi connectivity index (χ3n) is 3.94. The number of thiazole rings is 1. The minimum atomic E-state index is -0.0888. The van der Waals surface area contributed by atoms with Crippen LogP contribution in [0.1, 0.15) is 36.7 Å². The highest BCUT2D eigenvalue weighted by Crippen LogP contribution is 2.26.